The maximum absolute atomic E-state index is 12.2. The molecule has 1 atom stereocenters. The van der Waals surface area contributed by atoms with Crippen molar-refractivity contribution >= 4 is 10.1 Å². The van der Waals surface area contributed by atoms with Gasteiger partial charge in [-0.1, -0.05) is 30.3 Å². The average Bonchev–Trinajstić information content (AvgIpc) is 2.76. The summed E-state index contributed by atoms with van der Waals surface area (Å²) in [6, 6.07) is 14.2. The summed E-state index contributed by atoms with van der Waals surface area (Å²) in [5.74, 6) is 0.672. The van der Waals surface area contributed by atoms with Crippen LogP contribution in [0.1, 0.15) is 25.0 Å². The first-order valence-electron chi connectivity index (χ1n) is 7.73. The molecule has 0 saturated carbocycles. The first kappa shape index (κ1) is 16.8. The SMILES string of the molecule is CC1(C)c2cc(OS(=O)(=O)CCc3ccccc3)ccc2OC1O. The van der Waals surface area contributed by atoms with Gasteiger partial charge in [0.1, 0.15) is 11.5 Å². The Hall–Kier alpha value is -2.05. The molecule has 2 aromatic rings. The predicted octanol–water partition coefficient (Wildman–Crippen LogP) is 2.63. The van der Waals surface area contributed by atoms with Gasteiger partial charge in [0.15, 0.2) is 0 Å². The van der Waals surface area contributed by atoms with Gasteiger partial charge in [0.05, 0.1) is 11.2 Å². The molecule has 0 bridgehead atoms. The first-order chi connectivity index (χ1) is 11.3. The number of rotatable bonds is 5. The molecule has 3 rings (SSSR count). The molecule has 0 saturated heterocycles. The fourth-order valence-corrected chi connectivity index (χ4v) is 3.61. The highest BCUT2D eigenvalue weighted by Crippen LogP contribution is 2.43. The first-order valence-corrected chi connectivity index (χ1v) is 9.31. The lowest BCUT2D eigenvalue weighted by molar-refractivity contribution is -0.0450. The predicted molar refractivity (Wildman–Crippen MR) is 90.7 cm³/mol. The maximum atomic E-state index is 12.2. The van der Waals surface area contributed by atoms with Gasteiger partial charge < -0.3 is 14.0 Å². The van der Waals surface area contributed by atoms with E-state index in [9.17, 15) is 13.5 Å². The summed E-state index contributed by atoms with van der Waals surface area (Å²) in [5.41, 5.74) is 1.05. The number of benzene rings is 2. The van der Waals surface area contributed by atoms with Crippen molar-refractivity contribution in [1.29, 1.82) is 0 Å². The van der Waals surface area contributed by atoms with Crippen LogP contribution in [0.3, 0.4) is 0 Å². The Morgan fingerprint density at radius 1 is 1.17 bits per heavy atom. The summed E-state index contributed by atoms with van der Waals surface area (Å²) >= 11 is 0. The van der Waals surface area contributed by atoms with Crippen molar-refractivity contribution in [3.63, 3.8) is 0 Å². The zero-order chi connectivity index (χ0) is 17.4. The molecule has 1 heterocycles. The number of aryl methyl sites for hydroxylation is 1. The van der Waals surface area contributed by atoms with Gasteiger partial charge in [-0.2, -0.15) is 8.42 Å². The number of aliphatic hydroxyl groups is 1. The molecule has 24 heavy (non-hydrogen) atoms. The molecule has 5 nitrogen and oxygen atoms in total. The molecule has 0 amide bonds. The van der Waals surface area contributed by atoms with Gasteiger partial charge in [-0.15, -0.1) is 0 Å². The van der Waals surface area contributed by atoms with E-state index in [1.807, 2.05) is 44.2 Å². The van der Waals surface area contributed by atoms with Gasteiger partial charge in [-0.3, -0.25) is 0 Å². The minimum Gasteiger partial charge on any atom is -0.464 e. The molecule has 0 fully saturated rings. The lowest BCUT2D eigenvalue weighted by Gasteiger charge is -2.20. The summed E-state index contributed by atoms with van der Waals surface area (Å²) in [4.78, 5) is 0. The zero-order valence-corrected chi connectivity index (χ0v) is 14.4. The van der Waals surface area contributed by atoms with Crippen molar-refractivity contribution in [2.75, 3.05) is 5.75 Å². The Morgan fingerprint density at radius 3 is 2.58 bits per heavy atom. The maximum Gasteiger partial charge on any atom is 0.309 e. The van der Waals surface area contributed by atoms with E-state index in [0.717, 1.165) is 11.1 Å². The monoisotopic (exact) mass is 348 g/mol. The van der Waals surface area contributed by atoms with Crippen LogP contribution in [0.2, 0.25) is 0 Å². The van der Waals surface area contributed by atoms with Gasteiger partial charge in [-0.25, -0.2) is 0 Å². The van der Waals surface area contributed by atoms with Crippen LogP contribution in [0.25, 0.3) is 0 Å². The van der Waals surface area contributed by atoms with Crippen LogP contribution >= 0.6 is 0 Å². The fraction of sp³-hybridized carbons (Fsp3) is 0.333. The highest BCUT2D eigenvalue weighted by molar-refractivity contribution is 7.87. The standard InChI is InChI=1S/C18H20O5S/c1-18(2)15-12-14(8-9-16(15)22-17(18)19)23-24(20,21)11-10-13-6-4-3-5-7-13/h3-9,12,17,19H,10-11H2,1-2H3. The number of fused-ring (bicyclic) bond motifs is 1. The minimum absolute atomic E-state index is 0.101. The third-order valence-electron chi connectivity index (χ3n) is 4.21. The van der Waals surface area contributed by atoms with Crippen LogP contribution < -0.4 is 8.92 Å². The molecule has 128 valence electrons. The van der Waals surface area contributed by atoms with E-state index in [4.69, 9.17) is 8.92 Å². The van der Waals surface area contributed by atoms with Crippen LogP contribution in [0, 0.1) is 0 Å². The molecule has 1 unspecified atom stereocenters. The summed E-state index contributed by atoms with van der Waals surface area (Å²) in [7, 11) is -3.70. The summed E-state index contributed by atoms with van der Waals surface area (Å²) in [6.07, 6.45) is -0.570. The molecule has 0 spiro atoms. The molecule has 1 aliphatic heterocycles. The number of ether oxygens (including phenoxy) is 1. The Morgan fingerprint density at radius 2 is 1.88 bits per heavy atom. The van der Waals surface area contributed by atoms with Gasteiger partial charge in [0, 0.05) is 5.56 Å². The van der Waals surface area contributed by atoms with E-state index in [1.54, 1.807) is 12.1 Å². The Bertz CT molecular complexity index is 828. The largest absolute Gasteiger partial charge is 0.464 e. The number of hydrogen-bond acceptors (Lipinski definition) is 5. The van der Waals surface area contributed by atoms with Crippen molar-refractivity contribution in [3.05, 3.63) is 59.7 Å². The topological polar surface area (TPSA) is 72.8 Å². The van der Waals surface area contributed by atoms with Gasteiger partial charge >= 0.3 is 10.1 Å². The van der Waals surface area contributed by atoms with E-state index in [0.29, 0.717) is 12.2 Å². The molecule has 1 aliphatic rings. The lowest BCUT2D eigenvalue weighted by atomic mass is 9.85. The number of aliphatic hydroxyl groups excluding tert-OH is 1. The Kier molecular flexibility index (Phi) is 4.27. The highest BCUT2D eigenvalue weighted by Gasteiger charge is 2.41. The van der Waals surface area contributed by atoms with Crippen molar-refractivity contribution in [3.8, 4) is 11.5 Å². The molecule has 0 aromatic heterocycles. The third kappa shape index (κ3) is 3.39. The van der Waals surface area contributed by atoms with Crippen molar-refractivity contribution in [2.45, 2.75) is 32.0 Å². The second kappa shape index (κ2) is 6.11. The minimum atomic E-state index is -3.70. The van der Waals surface area contributed by atoms with E-state index in [1.165, 1.54) is 6.07 Å². The second-order valence-corrected chi connectivity index (χ2v) is 8.12. The van der Waals surface area contributed by atoms with Gasteiger partial charge in [-0.05, 0) is 44.0 Å². The normalized spacial score (nSPS) is 18.7. The quantitative estimate of drug-likeness (QED) is 0.841. The average molecular weight is 348 g/mol. The number of hydrogen-bond donors (Lipinski definition) is 1. The van der Waals surface area contributed by atoms with Crippen LogP contribution in [-0.4, -0.2) is 25.6 Å². The smallest absolute Gasteiger partial charge is 0.309 e. The fourth-order valence-electron chi connectivity index (χ4n) is 2.64. The summed E-state index contributed by atoms with van der Waals surface area (Å²) < 4.78 is 35.0. The van der Waals surface area contributed by atoms with E-state index < -0.39 is 21.8 Å². The van der Waals surface area contributed by atoms with Crippen molar-refractivity contribution in [1.82, 2.24) is 0 Å². The third-order valence-corrected chi connectivity index (χ3v) is 5.36. The molecule has 2 aromatic carbocycles. The van der Waals surface area contributed by atoms with E-state index in [2.05, 4.69) is 0 Å². The van der Waals surface area contributed by atoms with Crippen molar-refractivity contribution in [2.24, 2.45) is 0 Å². The van der Waals surface area contributed by atoms with Crippen LogP contribution in [0.5, 0.6) is 11.5 Å². The lowest BCUT2D eigenvalue weighted by Crippen LogP contribution is -2.31. The second-order valence-electron chi connectivity index (χ2n) is 6.43. The highest BCUT2D eigenvalue weighted by atomic mass is 32.2. The van der Waals surface area contributed by atoms with E-state index in [-0.39, 0.29) is 11.5 Å². The molecular weight excluding hydrogens is 328 g/mol. The van der Waals surface area contributed by atoms with Crippen molar-refractivity contribution < 1.29 is 22.4 Å². The van der Waals surface area contributed by atoms with Gasteiger partial charge in [0.25, 0.3) is 0 Å². The summed E-state index contributed by atoms with van der Waals surface area (Å²) in [5, 5.41) is 9.93. The molecule has 0 aliphatic carbocycles. The molecule has 0 radical (unpaired) electrons. The van der Waals surface area contributed by atoms with Crippen LogP contribution in [-0.2, 0) is 22.0 Å². The zero-order valence-electron chi connectivity index (χ0n) is 13.6. The van der Waals surface area contributed by atoms with Crippen LogP contribution in [0.15, 0.2) is 48.5 Å². The Labute approximate surface area is 142 Å². The van der Waals surface area contributed by atoms with Crippen LogP contribution in [0.4, 0.5) is 0 Å². The molecule has 6 heteroatoms. The summed E-state index contributed by atoms with van der Waals surface area (Å²) in [6.45, 7) is 3.66. The van der Waals surface area contributed by atoms with E-state index >= 15 is 0 Å². The van der Waals surface area contributed by atoms with Gasteiger partial charge in [0.2, 0.25) is 6.29 Å². The Balaban J connectivity index is 1.73. The molecular formula is C18H20O5S. The molecule has 1 N–H and O–H groups in total.